The van der Waals surface area contributed by atoms with E-state index in [1.165, 1.54) is 17.3 Å². The second-order valence-electron chi connectivity index (χ2n) is 8.66. The van der Waals surface area contributed by atoms with Crippen molar-refractivity contribution in [3.05, 3.63) is 65.2 Å². The van der Waals surface area contributed by atoms with Gasteiger partial charge in [0.2, 0.25) is 16.2 Å². The van der Waals surface area contributed by atoms with Gasteiger partial charge in [-0.3, -0.25) is 14.9 Å². The van der Waals surface area contributed by atoms with Crippen LogP contribution in [0.1, 0.15) is 30.8 Å². The lowest BCUT2D eigenvalue weighted by Crippen LogP contribution is -2.24. The molecule has 0 saturated heterocycles. The van der Waals surface area contributed by atoms with Crippen LogP contribution < -0.4 is 5.32 Å². The molecule has 3 aromatic heterocycles. The SMILES string of the molecule is CCOC(=O)Cc1nnc(NC(=O)[C@H](CC)Sc2nnc3c4ccccc4n(CCc4ccccc4)c3n2)s1. The van der Waals surface area contributed by atoms with E-state index in [2.05, 4.69) is 48.5 Å². The van der Waals surface area contributed by atoms with E-state index in [1.54, 1.807) is 6.92 Å². The van der Waals surface area contributed by atoms with Gasteiger partial charge >= 0.3 is 5.97 Å². The zero-order chi connectivity index (χ0) is 27.2. The van der Waals surface area contributed by atoms with Crippen molar-refractivity contribution < 1.29 is 14.3 Å². The van der Waals surface area contributed by atoms with Crippen LogP contribution in [0, 0.1) is 0 Å². The van der Waals surface area contributed by atoms with E-state index in [0.29, 0.717) is 28.3 Å². The van der Waals surface area contributed by atoms with Crippen LogP contribution in [-0.2, 0) is 33.7 Å². The maximum absolute atomic E-state index is 13.0. The highest BCUT2D eigenvalue weighted by Crippen LogP contribution is 2.30. The maximum Gasteiger partial charge on any atom is 0.312 e. The van der Waals surface area contributed by atoms with Gasteiger partial charge < -0.3 is 9.30 Å². The fourth-order valence-electron chi connectivity index (χ4n) is 4.20. The van der Waals surface area contributed by atoms with Crippen molar-refractivity contribution in [2.45, 2.75) is 50.1 Å². The number of nitrogens with one attached hydrogen (secondary N) is 1. The molecule has 0 bridgehead atoms. The molecule has 1 amide bonds. The Kier molecular flexibility index (Phi) is 8.42. The predicted molar refractivity (Wildman–Crippen MR) is 152 cm³/mol. The van der Waals surface area contributed by atoms with E-state index in [-0.39, 0.29) is 18.3 Å². The molecule has 0 unspecified atom stereocenters. The molecule has 5 aromatic rings. The van der Waals surface area contributed by atoms with Crippen molar-refractivity contribution in [1.29, 1.82) is 0 Å². The first-order valence-corrected chi connectivity index (χ1v) is 14.4. The third kappa shape index (κ3) is 6.23. The molecule has 2 aromatic carbocycles. The number of amides is 1. The van der Waals surface area contributed by atoms with Gasteiger partial charge in [0, 0.05) is 11.9 Å². The number of nitrogens with zero attached hydrogens (tertiary/aromatic N) is 6. The molecule has 0 aliphatic carbocycles. The molecule has 10 nitrogen and oxygen atoms in total. The smallest absolute Gasteiger partial charge is 0.312 e. The largest absolute Gasteiger partial charge is 0.466 e. The fourth-order valence-corrected chi connectivity index (χ4v) is 5.74. The Morgan fingerprint density at radius 2 is 1.82 bits per heavy atom. The lowest BCUT2D eigenvalue weighted by molar-refractivity contribution is -0.142. The van der Waals surface area contributed by atoms with E-state index >= 15 is 0 Å². The molecule has 0 aliphatic rings. The van der Waals surface area contributed by atoms with Crippen LogP contribution in [0.3, 0.4) is 0 Å². The molecule has 3 heterocycles. The third-order valence-electron chi connectivity index (χ3n) is 6.03. The lowest BCUT2D eigenvalue weighted by Gasteiger charge is -2.12. The summed E-state index contributed by atoms with van der Waals surface area (Å²) >= 11 is 2.41. The highest BCUT2D eigenvalue weighted by molar-refractivity contribution is 8.00. The van der Waals surface area contributed by atoms with E-state index < -0.39 is 5.25 Å². The molecule has 0 fully saturated rings. The summed E-state index contributed by atoms with van der Waals surface area (Å²) in [5.74, 6) is -0.621. The Balaban J connectivity index is 1.34. The van der Waals surface area contributed by atoms with Crippen molar-refractivity contribution in [1.82, 2.24) is 29.9 Å². The summed E-state index contributed by atoms with van der Waals surface area (Å²) in [5, 5.41) is 21.4. The summed E-state index contributed by atoms with van der Waals surface area (Å²) < 4.78 is 7.11. The Morgan fingerprint density at radius 3 is 2.62 bits per heavy atom. The molecule has 0 spiro atoms. The lowest BCUT2D eigenvalue weighted by atomic mass is 10.1. The van der Waals surface area contributed by atoms with Crippen molar-refractivity contribution in [2.75, 3.05) is 11.9 Å². The summed E-state index contributed by atoms with van der Waals surface area (Å²) in [7, 11) is 0. The average molecular weight is 562 g/mol. The van der Waals surface area contributed by atoms with Gasteiger partial charge in [0.25, 0.3) is 0 Å². The van der Waals surface area contributed by atoms with E-state index in [4.69, 9.17) is 9.72 Å². The molecule has 1 atom stereocenters. The molecule has 0 aliphatic heterocycles. The topological polar surface area (TPSA) is 125 Å². The second kappa shape index (κ2) is 12.3. The van der Waals surface area contributed by atoms with Gasteiger partial charge in [-0.1, -0.05) is 78.6 Å². The second-order valence-corrected chi connectivity index (χ2v) is 10.9. The molecular formula is C27H27N7O3S2. The summed E-state index contributed by atoms with van der Waals surface area (Å²) in [4.78, 5) is 29.6. The highest BCUT2D eigenvalue weighted by atomic mass is 32.2. The number of aromatic nitrogens is 6. The number of anilines is 1. The van der Waals surface area contributed by atoms with E-state index in [9.17, 15) is 9.59 Å². The Labute approximate surface area is 233 Å². The van der Waals surface area contributed by atoms with Crippen molar-refractivity contribution in [3.8, 4) is 0 Å². The molecule has 0 radical (unpaired) electrons. The first-order chi connectivity index (χ1) is 19.1. The molecule has 1 N–H and O–H groups in total. The number of benzene rings is 2. The summed E-state index contributed by atoms with van der Waals surface area (Å²) in [6, 6.07) is 18.4. The van der Waals surface area contributed by atoms with Crippen molar-refractivity contribution >= 4 is 62.2 Å². The van der Waals surface area contributed by atoms with Gasteiger partial charge in [0.1, 0.15) is 10.5 Å². The number of esters is 1. The summed E-state index contributed by atoms with van der Waals surface area (Å²) in [6.45, 7) is 4.70. The number of fused-ring (bicyclic) bond motifs is 3. The van der Waals surface area contributed by atoms with Crippen LogP contribution in [0.15, 0.2) is 59.8 Å². The standard InChI is InChI=1S/C27H27N7O3S2/c1-3-20(25(36)29-27-32-30-21(39-27)16-22(35)37-4-2)38-26-28-24-23(31-33-26)18-12-8-9-13-19(18)34(24)15-14-17-10-6-5-7-11-17/h5-13,20H,3-4,14-16H2,1-2H3,(H,29,32,36)/t20-/m0/s1. The van der Waals surface area contributed by atoms with Gasteiger partial charge in [-0.2, -0.15) is 0 Å². The number of carbonyl (C=O) groups excluding carboxylic acids is 2. The first kappa shape index (κ1) is 26.7. The summed E-state index contributed by atoms with van der Waals surface area (Å²) in [5.41, 5.74) is 3.77. The van der Waals surface area contributed by atoms with Crippen molar-refractivity contribution in [2.24, 2.45) is 0 Å². The number of para-hydroxylation sites is 1. The van der Waals surface area contributed by atoms with Gasteiger partial charge in [-0.05, 0) is 31.4 Å². The number of thioether (sulfide) groups is 1. The Morgan fingerprint density at radius 1 is 1.03 bits per heavy atom. The van der Waals surface area contributed by atoms with Crippen LogP contribution in [0.5, 0.6) is 0 Å². The van der Waals surface area contributed by atoms with Crippen LogP contribution in [0.4, 0.5) is 5.13 Å². The minimum atomic E-state index is -0.469. The Hall–Kier alpha value is -3.90. The number of rotatable bonds is 11. The molecular weight excluding hydrogens is 534 g/mol. The third-order valence-corrected chi connectivity index (χ3v) is 8.08. The van der Waals surface area contributed by atoms with Crippen LogP contribution in [0.2, 0.25) is 0 Å². The molecule has 5 rings (SSSR count). The Bertz CT molecular complexity index is 1600. The maximum atomic E-state index is 13.0. The number of hydrogen-bond donors (Lipinski definition) is 1. The average Bonchev–Trinajstić information content (AvgIpc) is 3.52. The minimum absolute atomic E-state index is 0.0190. The number of aryl methyl sites for hydroxylation is 2. The number of ether oxygens (including phenoxy) is 1. The zero-order valence-corrected chi connectivity index (χ0v) is 23.2. The molecule has 0 saturated carbocycles. The highest BCUT2D eigenvalue weighted by Gasteiger charge is 2.23. The predicted octanol–water partition coefficient (Wildman–Crippen LogP) is 4.69. The van der Waals surface area contributed by atoms with Gasteiger partial charge in [0.05, 0.1) is 23.8 Å². The van der Waals surface area contributed by atoms with Gasteiger partial charge in [-0.25, -0.2) is 4.98 Å². The van der Waals surface area contributed by atoms with Crippen molar-refractivity contribution in [3.63, 3.8) is 0 Å². The van der Waals surface area contributed by atoms with E-state index in [1.807, 2.05) is 43.3 Å². The number of carbonyl (C=O) groups is 2. The van der Waals surface area contributed by atoms with Gasteiger partial charge in [0.15, 0.2) is 5.65 Å². The monoisotopic (exact) mass is 561 g/mol. The molecule has 12 heteroatoms. The zero-order valence-electron chi connectivity index (χ0n) is 21.5. The normalized spacial score (nSPS) is 12.1. The minimum Gasteiger partial charge on any atom is -0.466 e. The van der Waals surface area contributed by atoms with E-state index in [0.717, 1.165) is 46.4 Å². The quantitative estimate of drug-likeness (QED) is 0.181. The first-order valence-electron chi connectivity index (χ1n) is 12.7. The van der Waals surface area contributed by atoms with Crippen LogP contribution >= 0.6 is 23.1 Å². The van der Waals surface area contributed by atoms with Gasteiger partial charge in [-0.15, -0.1) is 20.4 Å². The summed E-state index contributed by atoms with van der Waals surface area (Å²) in [6.07, 6.45) is 1.41. The molecule has 39 heavy (non-hydrogen) atoms. The number of hydrogen-bond acceptors (Lipinski definition) is 10. The molecule has 200 valence electrons. The van der Waals surface area contributed by atoms with Crippen LogP contribution in [0.25, 0.3) is 22.1 Å². The van der Waals surface area contributed by atoms with Crippen LogP contribution in [-0.4, -0.2) is 53.7 Å². The fraction of sp³-hybridized carbons (Fsp3) is 0.296.